The first-order chi connectivity index (χ1) is 8.27. The Kier molecular flexibility index (Phi) is 4.62. The van der Waals surface area contributed by atoms with Gasteiger partial charge in [0.15, 0.2) is 0 Å². The highest BCUT2D eigenvalue weighted by molar-refractivity contribution is 9.10. The van der Waals surface area contributed by atoms with Crippen molar-refractivity contribution >= 4 is 15.9 Å². The summed E-state index contributed by atoms with van der Waals surface area (Å²) in [4.78, 5) is 0. The Bertz CT molecular complexity index is 362. The van der Waals surface area contributed by atoms with Crippen LogP contribution in [0.15, 0.2) is 10.7 Å². The molecule has 4 heteroatoms. The molecule has 2 unspecified atom stereocenters. The lowest BCUT2D eigenvalue weighted by Crippen LogP contribution is -2.23. The van der Waals surface area contributed by atoms with Crippen molar-refractivity contribution in [2.24, 2.45) is 5.92 Å². The van der Waals surface area contributed by atoms with E-state index in [1.165, 1.54) is 29.4 Å². The van der Waals surface area contributed by atoms with Gasteiger partial charge in [-0.1, -0.05) is 13.3 Å². The summed E-state index contributed by atoms with van der Waals surface area (Å²) in [6.07, 6.45) is 7.10. The SMILES string of the molecule is CCCn1ncc(Br)c1C1CCCC1CNC. The van der Waals surface area contributed by atoms with E-state index in [-0.39, 0.29) is 0 Å². The van der Waals surface area contributed by atoms with E-state index in [9.17, 15) is 0 Å². The van der Waals surface area contributed by atoms with Gasteiger partial charge in [-0.3, -0.25) is 4.68 Å². The van der Waals surface area contributed by atoms with Crippen LogP contribution in [0.2, 0.25) is 0 Å². The number of aromatic nitrogens is 2. The molecule has 1 heterocycles. The van der Waals surface area contributed by atoms with Crippen molar-refractivity contribution in [2.75, 3.05) is 13.6 Å². The second-order valence-electron chi connectivity index (χ2n) is 4.96. The molecule has 17 heavy (non-hydrogen) atoms. The maximum atomic E-state index is 4.49. The lowest BCUT2D eigenvalue weighted by atomic mass is 9.92. The van der Waals surface area contributed by atoms with Gasteiger partial charge in [0.05, 0.1) is 16.4 Å². The second-order valence-corrected chi connectivity index (χ2v) is 5.81. The number of hydrogen-bond acceptors (Lipinski definition) is 2. The minimum Gasteiger partial charge on any atom is -0.319 e. The van der Waals surface area contributed by atoms with Crippen molar-refractivity contribution < 1.29 is 0 Å². The van der Waals surface area contributed by atoms with Crippen molar-refractivity contribution in [1.29, 1.82) is 0 Å². The van der Waals surface area contributed by atoms with Crippen molar-refractivity contribution in [3.05, 3.63) is 16.4 Å². The normalized spacial score (nSPS) is 24.4. The van der Waals surface area contributed by atoms with Crippen LogP contribution in [0.4, 0.5) is 0 Å². The first kappa shape index (κ1) is 13.1. The van der Waals surface area contributed by atoms with Crippen molar-refractivity contribution in [2.45, 2.75) is 45.1 Å². The van der Waals surface area contributed by atoms with Crippen molar-refractivity contribution in [3.8, 4) is 0 Å². The summed E-state index contributed by atoms with van der Waals surface area (Å²) in [6.45, 7) is 4.36. The van der Waals surface area contributed by atoms with E-state index in [0.717, 1.165) is 25.4 Å². The van der Waals surface area contributed by atoms with Crippen LogP contribution in [0.25, 0.3) is 0 Å². The number of hydrogen-bond donors (Lipinski definition) is 1. The molecule has 1 aromatic heterocycles. The fourth-order valence-electron chi connectivity index (χ4n) is 3.03. The Morgan fingerprint density at radius 3 is 3.06 bits per heavy atom. The number of rotatable bonds is 5. The molecule has 0 bridgehead atoms. The highest BCUT2D eigenvalue weighted by Gasteiger charge is 2.31. The van der Waals surface area contributed by atoms with Crippen molar-refractivity contribution in [1.82, 2.24) is 15.1 Å². The summed E-state index contributed by atoms with van der Waals surface area (Å²) in [5.41, 5.74) is 1.42. The molecule has 2 atom stereocenters. The summed E-state index contributed by atoms with van der Waals surface area (Å²) in [5, 5.41) is 7.82. The summed E-state index contributed by atoms with van der Waals surface area (Å²) >= 11 is 3.67. The van der Waals surface area contributed by atoms with Crippen LogP contribution < -0.4 is 5.32 Å². The third-order valence-corrected chi connectivity index (χ3v) is 4.36. The van der Waals surface area contributed by atoms with Gasteiger partial charge in [-0.2, -0.15) is 5.10 Å². The Labute approximate surface area is 112 Å². The third-order valence-electron chi connectivity index (χ3n) is 3.75. The summed E-state index contributed by atoms with van der Waals surface area (Å²) in [5.74, 6) is 1.44. The molecule has 0 radical (unpaired) electrons. The fourth-order valence-corrected chi connectivity index (χ4v) is 3.62. The molecule has 1 aromatic rings. The zero-order chi connectivity index (χ0) is 12.3. The second kappa shape index (κ2) is 6.01. The van der Waals surface area contributed by atoms with Crippen molar-refractivity contribution in [3.63, 3.8) is 0 Å². The average Bonchev–Trinajstić information content (AvgIpc) is 2.87. The molecule has 1 aliphatic rings. The number of aryl methyl sites for hydroxylation is 1. The standard InChI is InChI=1S/C13H22BrN3/c1-3-7-17-13(12(14)9-16-17)11-6-4-5-10(11)8-15-2/h9-11,15H,3-8H2,1-2H3. The summed E-state index contributed by atoms with van der Waals surface area (Å²) in [7, 11) is 2.05. The molecule has 0 spiro atoms. The number of nitrogens with zero attached hydrogens (tertiary/aromatic N) is 2. The van der Waals surface area contributed by atoms with E-state index in [1.807, 2.05) is 13.2 Å². The Balaban J connectivity index is 2.22. The van der Waals surface area contributed by atoms with Gasteiger partial charge < -0.3 is 5.32 Å². The molecule has 96 valence electrons. The van der Waals surface area contributed by atoms with Crippen LogP contribution in [0.1, 0.15) is 44.2 Å². The van der Waals surface area contributed by atoms with Crippen LogP contribution in [0.5, 0.6) is 0 Å². The lowest BCUT2D eigenvalue weighted by molar-refractivity contribution is 0.429. The molecule has 0 aliphatic heterocycles. The highest BCUT2D eigenvalue weighted by atomic mass is 79.9. The molecule has 1 saturated carbocycles. The van der Waals surface area contributed by atoms with E-state index in [4.69, 9.17) is 0 Å². The van der Waals surface area contributed by atoms with Crippen LogP contribution in [0.3, 0.4) is 0 Å². The first-order valence-electron chi connectivity index (χ1n) is 6.63. The first-order valence-corrected chi connectivity index (χ1v) is 7.43. The Morgan fingerprint density at radius 1 is 1.53 bits per heavy atom. The van der Waals surface area contributed by atoms with E-state index in [1.54, 1.807) is 0 Å². The van der Waals surface area contributed by atoms with E-state index < -0.39 is 0 Å². The fraction of sp³-hybridized carbons (Fsp3) is 0.769. The van der Waals surface area contributed by atoms with Crippen LogP contribution in [-0.4, -0.2) is 23.4 Å². The van der Waals surface area contributed by atoms with Gasteiger partial charge in [-0.05, 0) is 54.7 Å². The predicted octanol–water partition coefficient (Wildman–Crippen LogP) is 3.16. The minimum atomic E-state index is 0.672. The van der Waals surface area contributed by atoms with Gasteiger partial charge in [0.2, 0.25) is 0 Å². The summed E-state index contributed by atoms with van der Waals surface area (Å²) in [6, 6.07) is 0. The van der Waals surface area contributed by atoms with Gasteiger partial charge in [0.25, 0.3) is 0 Å². The molecule has 0 aromatic carbocycles. The maximum absolute atomic E-state index is 4.49. The molecular formula is C13H22BrN3. The molecule has 1 N–H and O–H groups in total. The lowest BCUT2D eigenvalue weighted by Gasteiger charge is -2.21. The van der Waals surface area contributed by atoms with Crippen LogP contribution in [-0.2, 0) is 6.54 Å². The topological polar surface area (TPSA) is 29.9 Å². The molecule has 2 rings (SSSR count). The van der Waals surface area contributed by atoms with E-state index in [0.29, 0.717) is 5.92 Å². The maximum Gasteiger partial charge on any atom is 0.0635 e. The number of nitrogens with one attached hydrogen (secondary N) is 1. The molecule has 1 fully saturated rings. The summed E-state index contributed by atoms with van der Waals surface area (Å²) < 4.78 is 3.39. The monoisotopic (exact) mass is 299 g/mol. The smallest absolute Gasteiger partial charge is 0.0635 e. The largest absolute Gasteiger partial charge is 0.319 e. The molecule has 0 saturated heterocycles. The number of halogens is 1. The quantitative estimate of drug-likeness (QED) is 0.905. The zero-order valence-corrected chi connectivity index (χ0v) is 12.3. The van der Waals surface area contributed by atoms with E-state index >= 15 is 0 Å². The Morgan fingerprint density at radius 2 is 2.35 bits per heavy atom. The van der Waals surface area contributed by atoms with Gasteiger partial charge in [-0.25, -0.2) is 0 Å². The molecule has 0 amide bonds. The van der Waals surface area contributed by atoms with Gasteiger partial charge >= 0.3 is 0 Å². The highest BCUT2D eigenvalue weighted by Crippen LogP contribution is 2.41. The average molecular weight is 300 g/mol. The van der Waals surface area contributed by atoms with Gasteiger partial charge in [0, 0.05) is 12.5 Å². The van der Waals surface area contributed by atoms with Crippen LogP contribution >= 0.6 is 15.9 Å². The van der Waals surface area contributed by atoms with E-state index in [2.05, 4.69) is 38.0 Å². The van der Waals surface area contributed by atoms with Crippen LogP contribution in [0, 0.1) is 5.92 Å². The van der Waals surface area contributed by atoms with Gasteiger partial charge in [-0.15, -0.1) is 0 Å². The van der Waals surface area contributed by atoms with Gasteiger partial charge in [0.1, 0.15) is 0 Å². The minimum absolute atomic E-state index is 0.672. The third kappa shape index (κ3) is 2.74. The molecular weight excluding hydrogens is 278 g/mol. The Hall–Kier alpha value is -0.350. The molecule has 3 nitrogen and oxygen atoms in total. The zero-order valence-electron chi connectivity index (χ0n) is 10.7. The molecule has 1 aliphatic carbocycles. The predicted molar refractivity (Wildman–Crippen MR) is 74.2 cm³/mol.